The molecule has 0 saturated carbocycles. The number of fused-ring (bicyclic) bond motifs is 6. The normalized spacial score (nSPS) is 16.9. The number of hydrogen-bond acceptors (Lipinski definition) is 3. The van der Waals surface area contributed by atoms with Gasteiger partial charge in [-0.05, 0) is 48.0 Å². The maximum absolute atomic E-state index is 5.35. The molecule has 3 heterocycles. The molecule has 2 aromatic heterocycles. The molecular formula is C40H28N4. The number of para-hydroxylation sites is 3. The fourth-order valence-electron chi connectivity index (χ4n) is 6.98. The number of aromatic nitrogens is 3. The molecule has 2 atom stereocenters. The molecule has 208 valence electrons. The van der Waals surface area contributed by atoms with E-state index >= 15 is 0 Å². The SMILES string of the molecule is C1=CC2c3cc(-c4nc(-c5ccccc5)nc5c6ccccc6n(-c6ccccc6)c45)ccc3N(c3ccccc3)C2C=C1. The lowest BCUT2D eigenvalue weighted by molar-refractivity contribution is 0.745. The largest absolute Gasteiger partial charge is 0.333 e. The first-order chi connectivity index (χ1) is 21.8. The number of nitrogens with zero attached hydrogens (tertiary/aromatic N) is 4. The van der Waals surface area contributed by atoms with Gasteiger partial charge in [0.05, 0.1) is 22.8 Å². The first-order valence-electron chi connectivity index (χ1n) is 15.1. The highest BCUT2D eigenvalue weighted by Gasteiger charge is 2.37. The summed E-state index contributed by atoms with van der Waals surface area (Å²) in [6, 6.07) is 47.2. The molecule has 0 bridgehead atoms. The number of benzene rings is 5. The van der Waals surface area contributed by atoms with Crippen LogP contribution in [0.5, 0.6) is 0 Å². The van der Waals surface area contributed by atoms with Crippen LogP contribution < -0.4 is 4.90 Å². The predicted octanol–water partition coefficient (Wildman–Crippen LogP) is 9.64. The molecule has 9 rings (SSSR count). The Morgan fingerprint density at radius 1 is 0.568 bits per heavy atom. The Labute approximate surface area is 255 Å². The van der Waals surface area contributed by atoms with Crippen LogP contribution in [0.1, 0.15) is 11.5 Å². The van der Waals surface area contributed by atoms with Gasteiger partial charge >= 0.3 is 0 Å². The summed E-state index contributed by atoms with van der Waals surface area (Å²) in [7, 11) is 0. The van der Waals surface area contributed by atoms with Gasteiger partial charge in [-0.25, -0.2) is 9.97 Å². The second kappa shape index (κ2) is 9.92. The number of allylic oxidation sites excluding steroid dienone is 2. The van der Waals surface area contributed by atoms with Crippen molar-refractivity contribution in [3.05, 3.63) is 163 Å². The summed E-state index contributed by atoms with van der Waals surface area (Å²) in [6.07, 6.45) is 9.00. The Morgan fingerprint density at radius 3 is 2.05 bits per heavy atom. The topological polar surface area (TPSA) is 34.0 Å². The van der Waals surface area contributed by atoms with Crippen molar-refractivity contribution >= 4 is 33.3 Å². The minimum absolute atomic E-state index is 0.230. The molecule has 4 heteroatoms. The van der Waals surface area contributed by atoms with Crippen molar-refractivity contribution in [1.82, 2.24) is 14.5 Å². The summed E-state index contributed by atoms with van der Waals surface area (Å²) in [5, 5.41) is 1.11. The number of hydrogen-bond donors (Lipinski definition) is 0. The minimum atomic E-state index is 0.230. The lowest BCUT2D eigenvalue weighted by atomic mass is 9.90. The van der Waals surface area contributed by atoms with Crippen LogP contribution in [0.2, 0.25) is 0 Å². The zero-order valence-electron chi connectivity index (χ0n) is 24.0. The maximum Gasteiger partial charge on any atom is 0.160 e. The van der Waals surface area contributed by atoms with Gasteiger partial charge in [-0.3, -0.25) is 0 Å². The molecule has 4 nitrogen and oxygen atoms in total. The Balaban J connectivity index is 1.34. The highest BCUT2D eigenvalue weighted by molar-refractivity contribution is 6.11. The third-order valence-electron chi connectivity index (χ3n) is 8.91. The van der Waals surface area contributed by atoms with E-state index in [1.54, 1.807) is 0 Å². The molecule has 1 aliphatic heterocycles. The third kappa shape index (κ3) is 3.78. The van der Waals surface area contributed by atoms with Gasteiger partial charge in [-0.15, -0.1) is 0 Å². The molecule has 0 radical (unpaired) electrons. The molecule has 2 aliphatic rings. The van der Waals surface area contributed by atoms with E-state index in [0.29, 0.717) is 0 Å². The summed E-state index contributed by atoms with van der Waals surface area (Å²) < 4.78 is 2.32. The molecule has 0 N–H and O–H groups in total. The average molecular weight is 565 g/mol. The second-order valence-corrected chi connectivity index (χ2v) is 11.4. The number of anilines is 2. The Bertz CT molecular complexity index is 2230. The van der Waals surface area contributed by atoms with Crippen LogP contribution in [-0.4, -0.2) is 20.6 Å². The van der Waals surface area contributed by atoms with Crippen LogP contribution >= 0.6 is 0 Å². The predicted molar refractivity (Wildman–Crippen MR) is 181 cm³/mol. The van der Waals surface area contributed by atoms with Crippen molar-refractivity contribution < 1.29 is 0 Å². The zero-order chi connectivity index (χ0) is 29.0. The van der Waals surface area contributed by atoms with Crippen molar-refractivity contribution in [3.63, 3.8) is 0 Å². The van der Waals surface area contributed by atoms with E-state index in [9.17, 15) is 0 Å². The smallest absolute Gasteiger partial charge is 0.160 e. The van der Waals surface area contributed by atoms with Gasteiger partial charge in [0.1, 0.15) is 5.52 Å². The van der Waals surface area contributed by atoms with E-state index in [4.69, 9.17) is 9.97 Å². The summed E-state index contributed by atoms with van der Waals surface area (Å²) in [6.45, 7) is 0. The molecule has 7 aromatic rings. The molecule has 0 fully saturated rings. The van der Waals surface area contributed by atoms with E-state index in [1.807, 2.05) is 18.2 Å². The van der Waals surface area contributed by atoms with Crippen molar-refractivity contribution in [3.8, 4) is 28.3 Å². The first-order valence-corrected chi connectivity index (χ1v) is 15.1. The van der Waals surface area contributed by atoms with Gasteiger partial charge in [0, 0.05) is 39.5 Å². The van der Waals surface area contributed by atoms with Gasteiger partial charge < -0.3 is 9.47 Å². The van der Waals surface area contributed by atoms with Crippen LogP contribution in [0.3, 0.4) is 0 Å². The monoisotopic (exact) mass is 564 g/mol. The summed E-state index contributed by atoms with van der Waals surface area (Å²) >= 11 is 0. The van der Waals surface area contributed by atoms with Crippen LogP contribution in [0, 0.1) is 0 Å². The van der Waals surface area contributed by atoms with Crippen molar-refractivity contribution in [2.75, 3.05) is 4.90 Å². The van der Waals surface area contributed by atoms with Crippen molar-refractivity contribution in [2.24, 2.45) is 0 Å². The lowest BCUT2D eigenvalue weighted by Gasteiger charge is -2.28. The standard InChI is InChI=1S/C40H28N4/c1-4-14-27(15-5-1)40-41-37(39-38(42-40)32-21-11-13-23-35(32)44(39)30-18-8-3-9-19-30)28-24-25-36-33(26-28)31-20-10-12-22-34(31)43(36)29-16-6-2-7-17-29/h1-26,31,34H. The van der Waals surface area contributed by atoms with Gasteiger partial charge in [0.2, 0.25) is 0 Å². The van der Waals surface area contributed by atoms with Crippen molar-refractivity contribution in [1.29, 1.82) is 0 Å². The Hall–Kier alpha value is -5.74. The minimum Gasteiger partial charge on any atom is -0.333 e. The fourth-order valence-corrected chi connectivity index (χ4v) is 6.98. The van der Waals surface area contributed by atoms with Crippen LogP contribution in [0.25, 0.3) is 50.3 Å². The van der Waals surface area contributed by atoms with Gasteiger partial charge in [-0.1, -0.05) is 115 Å². The van der Waals surface area contributed by atoms with Gasteiger partial charge in [0.25, 0.3) is 0 Å². The van der Waals surface area contributed by atoms with E-state index < -0.39 is 0 Å². The fraction of sp³-hybridized carbons (Fsp3) is 0.0500. The van der Waals surface area contributed by atoms with Gasteiger partial charge in [-0.2, -0.15) is 0 Å². The number of rotatable bonds is 4. The quantitative estimate of drug-likeness (QED) is 0.213. The van der Waals surface area contributed by atoms with Crippen LogP contribution in [0.4, 0.5) is 11.4 Å². The van der Waals surface area contributed by atoms with Crippen LogP contribution in [-0.2, 0) is 0 Å². The van der Waals surface area contributed by atoms with E-state index in [-0.39, 0.29) is 12.0 Å². The molecule has 44 heavy (non-hydrogen) atoms. The van der Waals surface area contributed by atoms with Crippen LogP contribution in [0.15, 0.2) is 158 Å². The molecule has 0 amide bonds. The first kappa shape index (κ1) is 24.8. The maximum atomic E-state index is 5.35. The van der Waals surface area contributed by atoms with Gasteiger partial charge in [0.15, 0.2) is 5.82 Å². The molecule has 0 spiro atoms. The summed E-state index contributed by atoms with van der Waals surface area (Å²) in [5.74, 6) is 0.981. The highest BCUT2D eigenvalue weighted by atomic mass is 15.2. The summed E-state index contributed by atoms with van der Waals surface area (Å²) in [5.41, 5.74) is 11.0. The highest BCUT2D eigenvalue weighted by Crippen LogP contribution is 2.49. The average Bonchev–Trinajstić information content (AvgIpc) is 3.62. The lowest BCUT2D eigenvalue weighted by Crippen LogP contribution is -2.28. The second-order valence-electron chi connectivity index (χ2n) is 11.4. The Morgan fingerprint density at radius 2 is 1.25 bits per heavy atom. The van der Waals surface area contributed by atoms with E-state index in [2.05, 4.69) is 149 Å². The molecular weight excluding hydrogens is 536 g/mol. The molecule has 0 saturated heterocycles. The van der Waals surface area contributed by atoms with E-state index in [0.717, 1.165) is 50.3 Å². The molecule has 5 aromatic carbocycles. The summed E-state index contributed by atoms with van der Waals surface area (Å²) in [4.78, 5) is 13.1. The zero-order valence-corrected chi connectivity index (χ0v) is 24.0. The third-order valence-corrected chi connectivity index (χ3v) is 8.91. The molecule has 2 unspecified atom stereocenters. The van der Waals surface area contributed by atoms with E-state index in [1.165, 1.54) is 16.9 Å². The Kier molecular flexibility index (Phi) is 5.60. The molecule has 1 aliphatic carbocycles. The van der Waals surface area contributed by atoms with Crippen molar-refractivity contribution in [2.45, 2.75) is 12.0 Å².